The minimum atomic E-state index is -0.341. The number of rotatable bonds is 6. The molecule has 2 amide bonds. The third-order valence-corrected chi connectivity index (χ3v) is 8.10. The summed E-state index contributed by atoms with van der Waals surface area (Å²) in [5.41, 5.74) is -0.0270. The Hall–Kier alpha value is -1.34. The molecule has 7 heteroatoms. The van der Waals surface area contributed by atoms with E-state index in [-0.39, 0.29) is 29.6 Å². The number of nitrogens with one attached hydrogen (secondary N) is 1. The highest BCUT2D eigenvalue weighted by Gasteiger charge is 2.46. The van der Waals surface area contributed by atoms with Crippen molar-refractivity contribution in [3.63, 3.8) is 0 Å². The maximum atomic E-state index is 12.8. The van der Waals surface area contributed by atoms with Gasteiger partial charge in [-0.05, 0) is 90.6 Å². The second-order valence-corrected chi connectivity index (χ2v) is 10.0. The van der Waals surface area contributed by atoms with Crippen molar-refractivity contribution in [3.8, 4) is 0 Å². The van der Waals surface area contributed by atoms with Crippen molar-refractivity contribution < 1.29 is 19.1 Å². The maximum absolute atomic E-state index is 12.8. The standard InChI is InChI=1S/C23H39N3O4/c1-4-30-22(28)26-17-6-7-18(26)15-19(14-17)25-12-8-16(9-13-25)20(29-3)21(27)24-23(2)10-5-11-23/h16-20H,4-15H2,1-3H3,(H,24,27). The van der Waals surface area contributed by atoms with E-state index in [0.29, 0.717) is 24.7 Å². The molecule has 3 atom stereocenters. The predicted molar refractivity (Wildman–Crippen MR) is 114 cm³/mol. The molecule has 0 aromatic carbocycles. The number of carbonyl (C=O) groups excluding carboxylic acids is 2. The summed E-state index contributed by atoms with van der Waals surface area (Å²) in [5, 5.41) is 3.23. The van der Waals surface area contributed by atoms with Gasteiger partial charge in [-0.2, -0.15) is 0 Å². The summed E-state index contributed by atoms with van der Waals surface area (Å²) in [6, 6.07) is 1.19. The van der Waals surface area contributed by atoms with Crippen LogP contribution in [0.25, 0.3) is 0 Å². The molecule has 30 heavy (non-hydrogen) atoms. The number of methoxy groups -OCH3 is 1. The number of nitrogens with zero attached hydrogens (tertiary/aromatic N) is 2. The fraction of sp³-hybridized carbons (Fsp3) is 0.913. The van der Waals surface area contributed by atoms with Gasteiger partial charge in [-0.1, -0.05) is 0 Å². The molecule has 0 aromatic heterocycles. The summed E-state index contributed by atoms with van der Waals surface area (Å²) in [4.78, 5) is 29.7. The van der Waals surface area contributed by atoms with Gasteiger partial charge in [0.15, 0.2) is 0 Å². The topological polar surface area (TPSA) is 71.1 Å². The van der Waals surface area contributed by atoms with Gasteiger partial charge in [-0.25, -0.2) is 4.79 Å². The second-order valence-electron chi connectivity index (χ2n) is 10.0. The summed E-state index contributed by atoms with van der Waals surface area (Å²) in [6.45, 7) is 6.48. The molecule has 3 heterocycles. The number of amides is 2. The van der Waals surface area contributed by atoms with Gasteiger partial charge in [0.25, 0.3) is 0 Å². The summed E-state index contributed by atoms with van der Waals surface area (Å²) in [6.07, 6.45) is 9.15. The summed E-state index contributed by atoms with van der Waals surface area (Å²) < 4.78 is 11.0. The molecule has 4 fully saturated rings. The van der Waals surface area contributed by atoms with Gasteiger partial charge in [-0.3, -0.25) is 4.79 Å². The van der Waals surface area contributed by atoms with E-state index < -0.39 is 0 Å². The minimum Gasteiger partial charge on any atom is -0.450 e. The quantitative estimate of drug-likeness (QED) is 0.714. The Bertz CT molecular complexity index is 616. The van der Waals surface area contributed by atoms with Gasteiger partial charge in [0.05, 0.1) is 6.61 Å². The lowest BCUT2D eigenvalue weighted by Gasteiger charge is -2.45. The Morgan fingerprint density at radius 2 is 1.70 bits per heavy atom. The monoisotopic (exact) mass is 421 g/mol. The number of ether oxygens (including phenoxy) is 2. The van der Waals surface area contributed by atoms with E-state index in [4.69, 9.17) is 9.47 Å². The lowest BCUT2D eigenvalue weighted by atomic mass is 9.78. The number of likely N-dealkylation sites (tertiary alicyclic amines) is 1. The molecule has 4 aliphatic rings. The van der Waals surface area contributed by atoms with Crippen LogP contribution >= 0.6 is 0 Å². The molecule has 0 radical (unpaired) electrons. The van der Waals surface area contributed by atoms with Crippen molar-refractivity contribution in [2.75, 3.05) is 26.8 Å². The van der Waals surface area contributed by atoms with Crippen molar-refractivity contribution in [2.45, 2.75) is 101 Å². The van der Waals surface area contributed by atoms with Gasteiger partial charge in [0.1, 0.15) is 6.10 Å². The maximum Gasteiger partial charge on any atom is 0.410 e. The Morgan fingerprint density at radius 3 is 2.20 bits per heavy atom. The van der Waals surface area contributed by atoms with Crippen molar-refractivity contribution in [1.29, 1.82) is 0 Å². The Kier molecular flexibility index (Phi) is 6.58. The van der Waals surface area contributed by atoms with Gasteiger partial charge in [0, 0.05) is 30.8 Å². The third-order valence-electron chi connectivity index (χ3n) is 8.10. The van der Waals surface area contributed by atoms with Crippen LogP contribution in [0.2, 0.25) is 0 Å². The first kappa shape index (κ1) is 21.9. The smallest absolute Gasteiger partial charge is 0.410 e. The molecule has 7 nitrogen and oxygen atoms in total. The summed E-state index contributed by atoms with van der Waals surface area (Å²) in [7, 11) is 1.67. The van der Waals surface area contributed by atoms with Gasteiger partial charge in [0.2, 0.25) is 5.91 Å². The Balaban J connectivity index is 1.28. The van der Waals surface area contributed by atoms with Crippen LogP contribution in [0.3, 0.4) is 0 Å². The number of carbonyl (C=O) groups is 2. The molecule has 3 aliphatic heterocycles. The molecule has 1 aliphatic carbocycles. The highest BCUT2D eigenvalue weighted by Crippen LogP contribution is 2.39. The third kappa shape index (κ3) is 4.33. The number of hydrogen-bond acceptors (Lipinski definition) is 5. The number of hydrogen-bond donors (Lipinski definition) is 1. The van der Waals surface area contributed by atoms with Crippen molar-refractivity contribution in [1.82, 2.24) is 15.1 Å². The van der Waals surface area contributed by atoms with E-state index in [1.54, 1.807) is 7.11 Å². The first-order valence-corrected chi connectivity index (χ1v) is 12.0. The Labute approximate surface area is 180 Å². The van der Waals surface area contributed by atoms with Gasteiger partial charge >= 0.3 is 6.09 Å². The van der Waals surface area contributed by atoms with E-state index in [1.807, 2.05) is 11.8 Å². The molecule has 170 valence electrons. The fourth-order valence-electron chi connectivity index (χ4n) is 6.24. The van der Waals surface area contributed by atoms with Crippen LogP contribution in [0.5, 0.6) is 0 Å². The zero-order valence-electron chi connectivity index (χ0n) is 18.9. The lowest BCUT2D eigenvalue weighted by molar-refractivity contribution is -0.138. The summed E-state index contributed by atoms with van der Waals surface area (Å²) >= 11 is 0. The second kappa shape index (κ2) is 9.03. The molecule has 2 bridgehead atoms. The zero-order chi connectivity index (χ0) is 21.3. The molecular formula is C23H39N3O4. The first-order valence-electron chi connectivity index (χ1n) is 12.0. The Morgan fingerprint density at radius 1 is 1.07 bits per heavy atom. The number of fused-ring (bicyclic) bond motifs is 2. The SMILES string of the molecule is CCOC(=O)N1C2CCC1CC(N1CCC(C(OC)C(=O)NC3(C)CCC3)CC1)C2. The molecule has 0 aromatic rings. The largest absolute Gasteiger partial charge is 0.450 e. The van der Waals surface area contributed by atoms with Crippen LogP contribution in [0.15, 0.2) is 0 Å². The lowest BCUT2D eigenvalue weighted by Crippen LogP contribution is -2.57. The molecular weight excluding hydrogens is 382 g/mol. The van der Waals surface area contributed by atoms with Crippen LogP contribution in [-0.4, -0.2) is 78.4 Å². The minimum absolute atomic E-state index is 0.0270. The van der Waals surface area contributed by atoms with Gasteiger partial charge < -0.3 is 24.6 Å². The highest BCUT2D eigenvalue weighted by molar-refractivity contribution is 5.82. The van der Waals surface area contributed by atoms with Crippen LogP contribution < -0.4 is 5.32 Å². The van der Waals surface area contributed by atoms with E-state index >= 15 is 0 Å². The van der Waals surface area contributed by atoms with Crippen LogP contribution in [0, 0.1) is 5.92 Å². The van der Waals surface area contributed by atoms with Crippen LogP contribution in [0.4, 0.5) is 4.79 Å². The van der Waals surface area contributed by atoms with Crippen molar-refractivity contribution in [2.24, 2.45) is 5.92 Å². The van der Waals surface area contributed by atoms with E-state index in [1.165, 1.54) is 6.42 Å². The fourth-order valence-corrected chi connectivity index (χ4v) is 6.24. The molecule has 3 unspecified atom stereocenters. The van der Waals surface area contributed by atoms with Gasteiger partial charge in [-0.15, -0.1) is 0 Å². The molecule has 0 spiro atoms. The van der Waals surface area contributed by atoms with E-state index in [9.17, 15) is 9.59 Å². The average Bonchev–Trinajstić information content (AvgIpc) is 2.98. The number of piperidine rings is 2. The molecule has 1 saturated carbocycles. The van der Waals surface area contributed by atoms with Crippen LogP contribution in [-0.2, 0) is 14.3 Å². The normalized spacial score (nSPS) is 32.4. The molecule has 3 saturated heterocycles. The van der Waals surface area contributed by atoms with E-state index in [0.717, 1.165) is 64.5 Å². The van der Waals surface area contributed by atoms with Crippen molar-refractivity contribution in [3.05, 3.63) is 0 Å². The first-order chi connectivity index (χ1) is 14.4. The zero-order valence-corrected chi connectivity index (χ0v) is 18.9. The van der Waals surface area contributed by atoms with Crippen molar-refractivity contribution >= 4 is 12.0 Å². The highest BCUT2D eigenvalue weighted by atomic mass is 16.6. The van der Waals surface area contributed by atoms with E-state index in [2.05, 4.69) is 17.1 Å². The molecule has 1 N–H and O–H groups in total. The van der Waals surface area contributed by atoms with Crippen LogP contribution in [0.1, 0.15) is 71.6 Å². The predicted octanol–water partition coefficient (Wildman–Crippen LogP) is 2.92. The average molecular weight is 422 g/mol. The summed E-state index contributed by atoms with van der Waals surface area (Å²) in [5.74, 6) is 0.352. The molecule has 4 rings (SSSR count).